The molecule has 2 heterocycles. The van der Waals surface area contributed by atoms with Crippen LogP contribution in [0.4, 0.5) is 0 Å². The summed E-state index contributed by atoms with van der Waals surface area (Å²) >= 11 is 0. The minimum Gasteiger partial charge on any atom is -0.508 e. The number of phenols is 7. The van der Waals surface area contributed by atoms with Gasteiger partial charge in [0.25, 0.3) is 0 Å². The minimum absolute atomic E-state index is 0.0605. The molecule has 0 amide bonds. The summed E-state index contributed by atoms with van der Waals surface area (Å²) < 4.78 is 13.3. The van der Waals surface area contributed by atoms with E-state index in [4.69, 9.17) is 9.15 Å². The molecule has 9 heteroatoms. The second-order valence-corrected chi connectivity index (χ2v) is 12.5. The third-order valence-electron chi connectivity index (χ3n) is 9.05. The summed E-state index contributed by atoms with van der Waals surface area (Å²) in [6.07, 6.45) is 3.13. The van der Waals surface area contributed by atoms with Crippen LogP contribution in [0.3, 0.4) is 0 Å². The highest BCUT2D eigenvalue weighted by molar-refractivity contribution is 6.08. The van der Waals surface area contributed by atoms with Gasteiger partial charge in [-0.2, -0.15) is 0 Å². The summed E-state index contributed by atoms with van der Waals surface area (Å²) in [5, 5.41) is 73.1. The normalized spacial score (nSPS) is 15.3. The van der Waals surface area contributed by atoms with E-state index in [2.05, 4.69) is 0 Å². The highest BCUT2D eigenvalue weighted by Gasteiger charge is 2.41. The second kappa shape index (κ2) is 12.2. The van der Waals surface area contributed by atoms with E-state index < -0.39 is 12.0 Å². The van der Waals surface area contributed by atoms with Crippen LogP contribution in [-0.2, 0) is 0 Å². The van der Waals surface area contributed by atoms with Gasteiger partial charge in [-0.05, 0) is 88.5 Å². The highest BCUT2D eigenvalue weighted by atomic mass is 16.5. The smallest absolute Gasteiger partial charge is 0.143 e. The Labute approximate surface area is 291 Å². The predicted octanol–water partition coefficient (Wildman–Crippen LogP) is 9.14. The lowest BCUT2D eigenvalue weighted by Crippen LogP contribution is -2.12. The van der Waals surface area contributed by atoms with Crippen LogP contribution in [0.2, 0.25) is 0 Å². The van der Waals surface area contributed by atoms with Crippen molar-refractivity contribution in [2.24, 2.45) is 0 Å². The minimum atomic E-state index is -0.659. The molecule has 8 rings (SSSR count). The number of hydrogen-bond donors (Lipinski definition) is 7. The Morgan fingerprint density at radius 2 is 1.04 bits per heavy atom. The fourth-order valence-corrected chi connectivity index (χ4v) is 6.89. The summed E-state index contributed by atoms with van der Waals surface area (Å²) in [4.78, 5) is 0. The number of phenolic OH excluding ortho intramolecular Hbond substituents is 7. The van der Waals surface area contributed by atoms with Crippen LogP contribution in [0.15, 0.2) is 120 Å². The highest BCUT2D eigenvalue weighted by Crippen LogP contribution is 2.56. The van der Waals surface area contributed by atoms with E-state index >= 15 is 0 Å². The molecule has 0 saturated heterocycles. The molecule has 1 unspecified atom stereocenters. The molecule has 0 bridgehead atoms. The fraction of sp³-hybridized carbons (Fsp3) is 0.0476. The van der Waals surface area contributed by atoms with E-state index in [0.717, 1.165) is 11.1 Å². The topological polar surface area (TPSA) is 164 Å². The summed E-state index contributed by atoms with van der Waals surface area (Å²) in [7, 11) is 0. The maximum absolute atomic E-state index is 10.7. The molecule has 51 heavy (non-hydrogen) atoms. The lowest BCUT2D eigenvalue weighted by molar-refractivity contribution is 0.222. The molecule has 6 aromatic carbocycles. The van der Waals surface area contributed by atoms with Crippen molar-refractivity contribution in [1.82, 2.24) is 0 Å². The van der Waals surface area contributed by atoms with E-state index in [1.165, 1.54) is 24.3 Å². The van der Waals surface area contributed by atoms with E-state index in [1.807, 2.05) is 12.2 Å². The Kier molecular flexibility index (Phi) is 7.45. The van der Waals surface area contributed by atoms with E-state index in [-0.39, 0.29) is 40.2 Å². The number of rotatable bonds is 6. The van der Waals surface area contributed by atoms with Gasteiger partial charge in [-0.15, -0.1) is 0 Å². The van der Waals surface area contributed by atoms with Gasteiger partial charge in [0.05, 0.1) is 5.92 Å². The lowest BCUT2D eigenvalue weighted by Gasteiger charge is -2.21. The van der Waals surface area contributed by atoms with Crippen molar-refractivity contribution in [2.45, 2.75) is 12.0 Å². The molecular formula is C42H30O9. The van der Waals surface area contributed by atoms with Gasteiger partial charge < -0.3 is 44.9 Å². The monoisotopic (exact) mass is 678 g/mol. The molecule has 0 fully saturated rings. The van der Waals surface area contributed by atoms with Crippen molar-refractivity contribution in [3.8, 4) is 68.4 Å². The van der Waals surface area contributed by atoms with Crippen LogP contribution in [-0.4, -0.2) is 35.7 Å². The summed E-state index contributed by atoms with van der Waals surface area (Å²) in [6.45, 7) is 0. The first-order valence-corrected chi connectivity index (χ1v) is 16.0. The quantitative estimate of drug-likeness (QED) is 0.0850. The molecule has 9 nitrogen and oxygen atoms in total. The molecule has 0 radical (unpaired) electrons. The van der Waals surface area contributed by atoms with Crippen LogP contribution in [0.1, 0.15) is 39.8 Å². The van der Waals surface area contributed by atoms with Crippen molar-refractivity contribution >= 4 is 23.1 Å². The zero-order valence-electron chi connectivity index (χ0n) is 26.7. The third kappa shape index (κ3) is 5.76. The Morgan fingerprint density at radius 1 is 0.490 bits per heavy atom. The van der Waals surface area contributed by atoms with Crippen molar-refractivity contribution in [2.75, 3.05) is 0 Å². The Bertz CT molecular complexity index is 2420. The maximum atomic E-state index is 10.7. The van der Waals surface area contributed by atoms with Crippen molar-refractivity contribution in [1.29, 1.82) is 0 Å². The molecule has 1 aliphatic rings. The van der Waals surface area contributed by atoms with Crippen LogP contribution < -0.4 is 4.74 Å². The number of ether oxygens (including phenoxy) is 1. The first kappa shape index (κ1) is 31.3. The van der Waals surface area contributed by atoms with E-state index in [1.54, 1.807) is 91.0 Å². The van der Waals surface area contributed by atoms with E-state index in [9.17, 15) is 35.7 Å². The zero-order chi connectivity index (χ0) is 35.4. The van der Waals surface area contributed by atoms with Crippen LogP contribution in [0.5, 0.6) is 46.0 Å². The number of benzene rings is 6. The van der Waals surface area contributed by atoms with Gasteiger partial charge in [-0.25, -0.2) is 0 Å². The summed E-state index contributed by atoms with van der Waals surface area (Å²) in [6, 6.07) is 30.3. The molecule has 1 aromatic heterocycles. The van der Waals surface area contributed by atoms with Gasteiger partial charge in [-0.3, -0.25) is 0 Å². The molecular weight excluding hydrogens is 648 g/mol. The number of aromatic hydroxyl groups is 7. The predicted molar refractivity (Wildman–Crippen MR) is 192 cm³/mol. The zero-order valence-corrected chi connectivity index (χ0v) is 26.7. The van der Waals surface area contributed by atoms with Crippen molar-refractivity contribution in [3.05, 3.63) is 143 Å². The lowest BCUT2D eigenvalue weighted by atomic mass is 9.81. The Morgan fingerprint density at radius 3 is 1.65 bits per heavy atom. The molecule has 7 aromatic rings. The number of furan rings is 1. The maximum Gasteiger partial charge on any atom is 0.143 e. The largest absolute Gasteiger partial charge is 0.508 e. The van der Waals surface area contributed by atoms with Gasteiger partial charge in [-0.1, -0.05) is 48.6 Å². The average Bonchev–Trinajstić information content (AvgIpc) is 3.66. The average molecular weight is 679 g/mol. The molecule has 252 valence electrons. The molecule has 0 saturated carbocycles. The van der Waals surface area contributed by atoms with Crippen LogP contribution in [0.25, 0.3) is 45.6 Å². The van der Waals surface area contributed by atoms with Gasteiger partial charge >= 0.3 is 0 Å². The van der Waals surface area contributed by atoms with Crippen LogP contribution in [0, 0.1) is 0 Å². The first-order valence-electron chi connectivity index (χ1n) is 16.0. The van der Waals surface area contributed by atoms with Crippen molar-refractivity contribution in [3.63, 3.8) is 0 Å². The molecule has 2 atom stereocenters. The van der Waals surface area contributed by atoms with E-state index in [0.29, 0.717) is 55.9 Å². The number of fused-ring (bicyclic) bond motifs is 2. The standard InChI is InChI=1S/C42H30O9/c43-27-8-1-22(2-9-27)3-14-34-39-35(51-42(26-17-32(48)20-33(49)18-26)37(39)23-4-10-28(44)11-5-23)21-36-40(34)38(25-15-30(46)19-31(47)16-25)41(50-36)24-6-12-29(45)13-7-24/h1-21,38,41,43-49H/b14-3+/t38?,41-/m1/s1. The summed E-state index contributed by atoms with van der Waals surface area (Å²) in [5.74, 6) is -0.128. The third-order valence-corrected chi connectivity index (χ3v) is 9.05. The van der Waals surface area contributed by atoms with Gasteiger partial charge in [0, 0.05) is 40.3 Å². The number of hydrogen-bond acceptors (Lipinski definition) is 9. The fourth-order valence-electron chi connectivity index (χ4n) is 6.89. The molecule has 7 N–H and O–H groups in total. The summed E-state index contributed by atoms with van der Waals surface area (Å²) in [5.41, 5.74) is 5.57. The van der Waals surface area contributed by atoms with Gasteiger partial charge in [0.2, 0.25) is 0 Å². The van der Waals surface area contributed by atoms with Crippen molar-refractivity contribution < 1.29 is 44.9 Å². The van der Waals surface area contributed by atoms with Gasteiger partial charge in [0.1, 0.15) is 63.4 Å². The molecule has 1 aliphatic heterocycles. The molecule has 0 spiro atoms. The van der Waals surface area contributed by atoms with Crippen LogP contribution >= 0.6 is 0 Å². The van der Waals surface area contributed by atoms with Gasteiger partial charge in [0.15, 0.2) is 0 Å². The Balaban J connectivity index is 1.48. The Hall–Kier alpha value is -7.00. The molecule has 0 aliphatic carbocycles. The second-order valence-electron chi connectivity index (χ2n) is 12.5. The SMILES string of the molecule is Oc1ccc(/C=C/c2c3c(cc4oc(-c5cc(O)cc(O)c5)c(-c5ccc(O)cc5)c24)O[C@H](c2ccc(O)cc2)C3c2cc(O)cc(O)c2)cc1. The first-order chi connectivity index (χ1) is 24.6.